The number of aryl methyl sites for hydroxylation is 1. The van der Waals surface area contributed by atoms with E-state index in [2.05, 4.69) is 21.1 Å². The van der Waals surface area contributed by atoms with Crippen LogP contribution in [-0.2, 0) is 0 Å². The molecule has 1 aliphatic rings. The predicted molar refractivity (Wildman–Crippen MR) is 111 cm³/mol. The number of nitrogens with two attached hydrogens (primary N) is 1. The van der Waals surface area contributed by atoms with Crippen LogP contribution < -0.4 is 11.3 Å². The molecular formula is C20H15N5O2S. The summed E-state index contributed by atoms with van der Waals surface area (Å²) in [6.45, 7) is 3.94. The number of aromatic nitrogens is 3. The Bertz CT molecular complexity index is 1360. The Balaban J connectivity index is 1.70. The highest BCUT2D eigenvalue weighted by atomic mass is 32.1. The van der Waals surface area contributed by atoms with Crippen molar-refractivity contribution in [2.75, 3.05) is 5.73 Å². The topological polar surface area (TPSA) is 98.8 Å². The van der Waals surface area contributed by atoms with Crippen LogP contribution in [0, 0.1) is 6.92 Å². The Hall–Kier alpha value is -3.52. The van der Waals surface area contributed by atoms with E-state index in [1.54, 1.807) is 24.5 Å². The van der Waals surface area contributed by atoms with Gasteiger partial charge in [-0.1, -0.05) is 23.0 Å². The van der Waals surface area contributed by atoms with E-state index in [-0.39, 0.29) is 5.82 Å². The fourth-order valence-corrected chi connectivity index (χ4v) is 4.11. The highest BCUT2D eigenvalue weighted by molar-refractivity contribution is 7.19. The van der Waals surface area contributed by atoms with E-state index < -0.39 is 5.56 Å². The summed E-state index contributed by atoms with van der Waals surface area (Å²) in [6.07, 6.45) is 3.33. The van der Waals surface area contributed by atoms with Gasteiger partial charge in [-0.15, -0.1) is 5.10 Å². The van der Waals surface area contributed by atoms with Gasteiger partial charge in [-0.25, -0.2) is 0 Å². The highest BCUT2D eigenvalue weighted by Gasteiger charge is 2.21. The molecule has 0 bridgehead atoms. The summed E-state index contributed by atoms with van der Waals surface area (Å²) in [5.41, 5.74) is 10.9. The number of aliphatic imine (C=N–C) groups is 1. The van der Waals surface area contributed by atoms with Crippen LogP contribution in [0.4, 0.5) is 11.5 Å². The van der Waals surface area contributed by atoms with Crippen LogP contribution in [0.5, 0.6) is 0 Å². The van der Waals surface area contributed by atoms with Crippen molar-refractivity contribution in [1.29, 1.82) is 0 Å². The van der Waals surface area contributed by atoms with E-state index in [0.717, 1.165) is 28.1 Å². The van der Waals surface area contributed by atoms with Crippen molar-refractivity contribution < 1.29 is 4.42 Å². The maximum absolute atomic E-state index is 12.7. The summed E-state index contributed by atoms with van der Waals surface area (Å²) in [5, 5.41) is 5.07. The highest BCUT2D eigenvalue weighted by Crippen LogP contribution is 2.37. The Morgan fingerprint density at radius 3 is 2.89 bits per heavy atom. The lowest BCUT2D eigenvalue weighted by molar-refractivity contribution is 0.580. The molecule has 0 spiro atoms. The van der Waals surface area contributed by atoms with E-state index in [4.69, 9.17) is 10.2 Å². The molecule has 2 N–H and O–H groups in total. The molecule has 138 valence electrons. The minimum absolute atomic E-state index is 0.241. The van der Waals surface area contributed by atoms with Gasteiger partial charge in [-0.05, 0) is 44.2 Å². The molecule has 4 aromatic rings. The Labute approximate surface area is 163 Å². The second-order valence-electron chi connectivity index (χ2n) is 6.57. The molecule has 1 aliphatic heterocycles. The summed E-state index contributed by atoms with van der Waals surface area (Å²) >= 11 is 1.25. The number of benzene rings is 1. The average Bonchev–Trinajstić information content (AvgIpc) is 3.37. The van der Waals surface area contributed by atoms with E-state index in [1.165, 1.54) is 15.9 Å². The summed E-state index contributed by atoms with van der Waals surface area (Å²) in [4.78, 5) is 21.9. The van der Waals surface area contributed by atoms with Gasteiger partial charge in [0.25, 0.3) is 5.56 Å². The van der Waals surface area contributed by atoms with Gasteiger partial charge in [-0.3, -0.25) is 9.79 Å². The van der Waals surface area contributed by atoms with Gasteiger partial charge in [0.2, 0.25) is 4.96 Å². The zero-order valence-corrected chi connectivity index (χ0v) is 15.9. The third kappa shape index (κ3) is 2.49. The summed E-state index contributed by atoms with van der Waals surface area (Å²) in [5.74, 6) is 0.843. The fraction of sp³-hybridized carbons (Fsp3) is 0.100. The standard InChI is InChI=1S/C20H15N5O2S/c1-10-5-6-15-13(8-10)12(11(2)22-15)9-14-17(21)25-20(23-18(14)26)28-19(24-25)16-4-3-7-27-16/h3-9H,21H2,1-2H3. The molecule has 3 aromatic heterocycles. The van der Waals surface area contributed by atoms with Gasteiger partial charge in [0.1, 0.15) is 5.82 Å². The molecule has 0 fully saturated rings. The van der Waals surface area contributed by atoms with Gasteiger partial charge in [0.05, 0.1) is 17.5 Å². The lowest BCUT2D eigenvalue weighted by Gasteiger charge is -2.05. The van der Waals surface area contributed by atoms with Crippen molar-refractivity contribution >= 4 is 45.2 Å². The van der Waals surface area contributed by atoms with Crippen molar-refractivity contribution in [2.24, 2.45) is 4.99 Å². The minimum atomic E-state index is -0.395. The molecule has 0 radical (unpaired) electrons. The molecule has 4 heterocycles. The van der Waals surface area contributed by atoms with Gasteiger partial charge < -0.3 is 10.2 Å². The monoisotopic (exact) mass is 389 g/mol. The molecular weight excluding hydrogens is 374 g/mol. The number of hydrogen-bond acceptors (Lipinski definition) is 7. The van der Waals surface area contributed by atoms with Crippen LogP contribution in [0.25, 0.3) is 27.4 Å². The van der Waals surface area contributed by atoms with Crippen molar-refractivity contribution in [3.8, 4) is 10.8 Å². The molecule has 5 rings (SSSR count). The van der Waals surface area contributed by atoms with Crippen LogP contribution in [0.15, 0.2) is 50.8 Å². The number of allylic oxidation sites excluding steroid dienone is 1. The first kappa shape index (κ1) is 16.6. The van der Waals surface area contributed by atoms with Gasteiger partial charge in [-0.2, -0.15) is 9.50 Å². The molecule has 1 aromatic carbocycles. The number of nitrogens with zero attached hydrogens (tertiary/aromatic N) is 4. The van der Waals surface area contributed by atoms with Crippen molar-refractivity contribution in [1.82, 2.24) is 14.6 Å². The number of furan rings is 1. The smallest absolute Gasteiger partial charge is 0.283 e. The second kappa shape index (κ2) is 6.00. The van der Waals surface area contributed by atoms with E-state index in [1.807, 2.05) is 26.0 Å². The van der Waals surface area contributed by atoms with Crippen LogP contribution in [0.3, 0.4) is 0 Å². The van der Waals surface area contributed by atoms with Crippen LogP contribution in [0.1, 0.15) is 23.6 Å². The van der Waals surface area contributed by atoms with Gasteiger partial charge >= 0.3 is 0 Å². The number of hydrogen-bond donors (Lipinski definition) is 1. The van der Waals surface area contributed by atoms with Crippen LogP contribution in [-0.4, -0.2) is 20.3 Å². The number of anilines is 1. The van der Waals surface area contributed by atoms with E-state index >= 15 is 0 Å². The second-order valence-corrected chi connectivity index (χ2v) is 7.53. The quantitative estimate of drug-likeness (QED) is 0.560. The zero-order valence-electron chi connectivity index (χ0n) is 15.1. The summed E-state index contributed by atoms with van der Waals surface area (Å²) in [6, 6.07) is 9.62. The lowest BCUT2D eigenvalue weighted by Crippen LogP contribution is -2.17. The third-order valence-corrected chi connectivity index (χ3v) is 5.56. The summed E-state index contributed by atoms with van der Waals surface area (Å²) < 4.78 is 6.86. The van der Waals surface area contributed by atoms with Gasteiger partial charge in [0.15, 0.2) is 10.8 Å². The fourth-order valence-electron chi connectivity index (χ4n) is 3.24. The largest absolute Gasteiger partial charge is 0.462 e. The molecule has 7 nitrogen and oxygen atoms in total. The molecule has 0 saturated carbocycles. The van der Waals surface area contributed by atoms with Crippen molar-refractivity contribution in [3.63, 3.8) is 0 Å². The average molecular weight is 389 g/mol. The molecule has 0 aliphatic carbocycles. The number of rotatable bonds is 2. The molecule has 0 atom stereocenters. The minimum Gasteiger partial charge on any atom is -0.462 e. The maximum atomic E-state index is 12.7. The summed E-state index contributed by atoms with van der Waals surface area (Å²) in [7, 11) is 0. The first-order chi connectivity index (χ1) is 13.5. The van der Waals surface area contributed by atoms with Gasteiger partial charge in [0, 0.05) is 16.8 Å². The van der Waals surface area contributed by atoms with Crippen molar-refractivity contribution in [3.05, 3.63) is 63.6 Å². The molecule has 8 heteroatoms. The lowest BCUT2D eigenvalue weighted by atomic mass is 9.99. The van der Waals surface area contributed by atoms with E-state index in [9.17, 15) is 4.79 Å². The molecule has 0 saturated heterocycles. The Morgan fingerprint density at radius 2 is 2.11 bits per heavy atom. The van der Waals surface area contributed by atoms with Crippen LogP contribution >= 0.6 is 11.3 Å². The molecule has 0 amide bonds. The third-order valence-electron chi connectivity index (χ3n) is 4.63. The molecule has 0 unspecified atom stereocenters. The SMILES string of the molecule is CC1=Nc2ccc(C)cc2C1=Cc1c(N)n2nc(-c3ccco3)sc2nc1=O. The number of nitrogen functional groups attached to an aromatic ring is 1. The van der Waals surface area contributed by atoms with Crippen LogP contribution in [0.2, 0.25) is 0 Å². The zero-order chi connectivity index (χ0) is 19.4. The predicted octanol–water partition coefficient (Wildman–Crippen LogP) is 3.95. The Kier molecular flexibility index (Phi) is 3.56. The Morgan fingerprint density at radius 1 is 1.25 bits per heavy atom. The van der Waals surface area contributed by atoms with Crippen molar-refractivity contribution in [2.45, 2.75) is 13.8 Å². The number of fused-ring (bicyclic) bond motifs is 2. The molecule has 28 heavy (non-hydrogen) atoms. The maximum Gasteiger partial charge on any atom is 0.283 e. The van der Waals surface area contributed by atoms with E-state index in [0.29, 0.717) is 21.3 Å². The first-order valence-corrected chi connectivity index (χ1v) is 9.44. The first-order valence-electron chi connectivity index (χ1n) is 8.63. The normalized spacial score (nSPS) is 14.6.